The largest absolute Gasteiger partial charge is 0.366 e. The zero-order valence-electron chi connectivity index (χ0n) is 13.9. The van der Waals surface area contributed by atoms with E-state index in [0.717, 1.165) is 4.88 Å². The van der Waals surface area contributed by atoms with E-state index in [2.05, 4.69) is 10.6 Å². The van der Waals surface area contributed by atoms with Crippen molar-refractivity contribution < 1.29 is 19.2 Å². The number of nitrogens with two attached hydrogens (primary N) is 2. The highest BCUT2D eigenvalue weighted by Crippen LogP contribution is 2.23. The summed E-state index contributed by atoms with van der Waals surface area (Å²) in [5.41, 5.74) is 10.8. The first-order chi connectivity index (χ1) is 12.3. The summed E-state index contributed by atoms with van der Waals surface area (Å²) in [7, 11) is 0. The van der Waals surface area contributed by atoms with Crippen molar-refractivity contribution in [2.45, 2.75) is 19.4 Å². The van der Waals surface area contributed by atoms with Crippen molar-refractivity contribution in [3.05, 3.63) is 51.7 Å². The van der Waals surface area contributed by atoms with Crippen molar-refractivity contribution >= 4 is 40.7 Å². The number of hydrogen-bond donors (Lipinski definition) is 4. The molecule has 0 saturated heterocycles. The molecular weight excluding hydrogens is 356 g/mol. The molecule has 2 rings (SSSR count). The fourth-order valence-corrected chi connectivity index (χ4v) is 3.12. The number of rotatable bonds is 7. The molecule has 8 nitrogen and oxygen atoms in total. The van der Waals surface area contributed by atoms with Gasteiger partial charge in [-0.05, 0) is 29.6 Å². The van der Waals surface area contributed by atoms with Crippen molar-refractivity contribution in [1.29, 1.82) is 0 Å². The first kappa shape index (κ1) is 19.1. The quantitative estimate of drug-likeness (QED) is 0.576. The molecule has 0 fully saturated rings. The molecule has 1 aromatic carbocycles. The number of primary amides is 2. The molecule has 1 aromatic heterocycles. The molecular formula is C17H18N4O4S. The fourth-order valence-electron chi connectivity index (χ4n) is 2.34. The van der Waals surface area contributed by atoms with Gasteiger partial charge < -0.3 is 22.1 Å². The third-order valence-corrected chi connectivity index (χ3v) is 4.43. The number of benzene rings is 1. The van der Waals surface area contributed by atoms with Gasteiger partial charge >= 0.3 is 0 Å². The van der Waals surface area contributed by atoms with Gasteiger partial charge in [-0.1, -0.05) is 6.07 Å². The van der Waals surface area contributed by atoms with Crippen LogP contribution in [0.25, 0.3) is 0 Å². The average molecular weight is 374 g/mol. The van der Waals surface area contributed by atoms with Gasteiger partial charge in [0.25, 0.3) is 0 Å². The van der Waals surface area contributed by atoms with E-state index in [0.29, 0.717) is 0 Å². The van der Waals surface area contributed by atoms with E-state index in [1.165, 1.54) is 36.5 Å². The number of thiophene rings is 1. The Balaban J connectivity index is 2.19. The van der Waals surface area contributed by atoms with Gasteiger partial charge in [0.05, 0.1) is 12.5 Å². The van der Waals surface area contributed by atoms with E-state index in [1.54, 1.807) is 0 Å². The van der Waals surface area contributed by atoms with Crippen LogP contribution in [0.1, 0.15) is 45.0 Å². The van der Waals surface area contributed by atoms with Crippen LogP contribution in [-0.2, 0) is 9.59 Å². The highest BCUT2D eigenvalue weighted by atomic mass is 32.1. The topological polar surface area (TPSA) is 144 Å². The Hall–Kier alpha value is -3.20. The summed E-state index contributed by atoms with van der Waals surface area (Å²) in [6, 6.07) is 7.12. The summed E-state index contributed by atoms with van der Waals surface area (Å²) in [5, 5.41) is 7.16. The second kappa shape index (κ2) is 8.26. The van der Waals surface area contributed by atoms with Crippen LogP contribution in [0.2, 0.25) is 0 Å². The van der Waals surface area contributed by atoms with Gasteiger partial charge in [-0.2, -0.15) is 0 Å². The van der Waals surface area contributed by atoms with Crippen LogP contribution < -0.4 is 22.1 Å². The smallest absolute Gasteiger partial charge is 0.248 e. The van der Waals surface area contributed by atoms with E-state index in [9.17, 15) is 19.2 Å². The highest BCUT2D eigenvalue weighted by Gasteiger charge is 2.19. The molecule has 4 amide bonds. The Morgan fingerprint density at radius 2 is 1.69 bits per heavy atom. The summed E-state index contributed by atoms with van der Waals surface area (Å²) < 4.78 is 0. The Morgan fingerprint density at radius 1 is 1.08 bits per heavy atom. The first-order valence-electron chi connectivity index (χ1n) is 7.61. The summed E-state index contributed by atoms with van der Waals surface area (Å²) in [5.74, 6) is -2.17. The molecule has 1 unspecified atom stereocenters. The third kappa shape index (κ3) is 5.15. The van der Waals surface area contributed by atoms with Crippen LogP contribution in [0.15, 0.2) is 35.7 Å². The second-order valence-corrected chi connectivity index (χ2v) is 6.53. The van der Waals surface area contributed by atoms with Gasteiger partial charge in [-0.3, -0.25) is 19.2 Å². The molecule has 0 bridgehead atoms. The lowest BCUT2D eigenvalue weighted by Gasteiger charge is -2.16. The van der Waals surface area contributed by atoms with Crippen molar-refractivity contribution in [3.63, 3.8) is 0 Å². The van der Waals surface area contributed by atoms with Gasteiger partial charge in [0.2, 0.25) is 23.6 Å². The van der Waals surface area contributed by atoms with Crippen LogP contribution >= 0.6 is 11.3 Å². The number of carbonyl (C=O) groups is 4. The van der Waals surface area contributed by atoms with Crippen LogP contribution in [0.4, 0.5) is 5.69 Å². The minimum atomic E-state index is -0.752. The lowest BCUT2D eigenvalue weighted by atomic mass is 10.1. The van der Waals surface area contributed by atoms with Gasteiger partial charge in [-0.15, -0.1) is 11.3 Å². The molecule has 0 radical (unpaired) electrons. The van der Waals surface area contributed by atoms with Crippen molar-refractivity contribution in [2.24, 2.45) is 11.5 Å². The third-order valence-electron chi connectivity index (χ3n) is 3.44. The van der Waals surface area contributed by atoms with E-state index in [1.807, 2.05) is 17.5 Å². The van der Waals surface area contributed by atoms with Gasteiger partial charge in [0.15, 0.2) is 0 Å². The van der Waals surface area contributed by atoms with Crippen molar-refractivity contribution in [1.82, 2.24) is 5.32 Å². The second-order valence-electron chi connectivity index (χ2n) is 5.55. The van der Waals surface area contributed by atoms with Gasteiger partial charge in [0.1, 0.15) is 0 Å². The minimum absolute atomic E-state index is 0.0210. The maximum atomic E-state index is 12.4. The minimum Gasteiger partial charge on any atom is -0.366 e. The molecule has 26 heavy (non-hydrogen) atoms. The molecule has 0 aliphatic carbocycles. The first-order valence-corrected chi connectivity index (χ1v) is 8.49. The van der Waals surface area contributed by atoms with Gasteiger partial charge in [0, 0.05) is 28.6 Å². The zero-order chi connectivity index (χ0) is 19.3. The molecule has 2 aromatic rings. The normalized spacial score (nSPS) is 11.4. The molecule has 0 spiro atoms. The van der Waals surface area contributed by atoms with Crippen molar-refractivity contribution in [2.75, 3.05) is 5.32 Å². The Bertz CT molecular complexity index is 816. The summed E-state index contributed by atoms with van der Waals surface area (Å²) in [6.07, 6.45) is -0.0210. The standard InChI is InChI=1S/C17H18N4O4S/c1-9(22)20-13(14-3-2-4-26-14)8-15(23)21-12-6-10(16(18)24)5-11(7-12)17(19)25/h2-7,13H,8H2,1H3,(H2,18,24)(H2,19,25)(H,20,22)(H,21,23). The van der Waals surface area contributed by atoms with E-state index in [4.69, 9.17) is 11.5 Å². The number of nitrogens with one attached hydrogen (secondary N) is 2. The molecule has 0 saturated carbocycles. The predicted molar refractivity (Wildman–Crippen MR) is 97.6 cm³/mol. The maximum absolute atomic E-state index is 12.4. The van der Waals surface area contributed by atoms with Crippen LogP contribution in [-0.4, -0.2) is 23.6 Å². The predicted octanol–water partition coefficient (Wildman–Crippen LogP) is 1.15. The lowest BCUT2D eigenvalue weighted by Crippen LogP contribution is -2.29. The summed E-state index contributed by atoms with van der Waals surface area (Å²) in [4.78, 5) is 47.4. The molecule has 1 atom stereocenters. The molecule has 0 aliphatic heterocycles. The molecule has 1 heterocycles. The highest BCUT2D eigenvalue weighted by molar-refractivity contribution is 7.10. The maximum Gasteiger partial charge on any atom is 0.248 e. The van der Waals surface area contributed by atoms with Crippen LogP contribution in [0.3, 0.4) is 0 Å². The monoisotopic (exact) mass is 374 g/mol. The Kier molecular flexibility index (Phi) is 6.07. The molecule has 6 N–H and O–H groups in total. The van der Waals surface area contributed by atoms with E-state index >= 15 is 0 Å². The van der Waals surface area contributed by atoms with E-state index in [-0.39, 0.29) is 29.1 Å². The summed E-state index contributed by atoms with van der Waals surface area (Å²) >= 11 is 1.42. The van der Waals surface area contributed by atoms with Crippen LogP contribution in [0, 0.1) is 0 Å². The van der Waals surface area contributed by atoms with Gasteiger partial charge in [-0.25, -0.2) is 0 Å². The van der Waals surface area contributed by atoms with Crippen molar-refractivity contribution in [3.8, 4) is 0 Å². The Labute approximate surface area is 153 Å². The average Bonchev–Trinajstić information content (AvgIpc) is 3.07. The SMILES string of the molecule is CC(=O)NC(CC(=O)Nc1cc(C(N)=O)cc(C(N)=O)c1)c1cccs1. The van der Waals surface area contributed by atoms with Crippen LogP contribution in [0.5, 0.6) is 0 Å². The molecule has 136 valence electrons. The molecule has 0 aliphatic rings. The van der Waals surface area contributed by atoms with E-state index < -0.39 is 23.8 Å². The lowest BCUT2D eigenvalue weighted by molar-refractivity contribution is -0.120. The number of anilines is 1. The Morgan fingerprint density at radius 3 is 2.15 bits per heavy atom. The fraction of sp³-hybridized carbons (Fsp3) is 0.176. The number of hydrogen-bond acceptors (Lipinski definition) is 5. The zero-order valence-corrected chi connectivity index (χ0v) is 14.8. The summed E-state index contributed by atoms with van der Waals surface area (Å²) in [6.45, 7) is 1.37. The number of carbonyl (C=O) groups excluding carboxylic acids is 4. The molecule has 9 heteroatoms. The number of amides is 4.